The Labute approximate surface area is 108 Å². The number of rotatable bonds is 3. The van der Waals surface area contributed by atoms with Gasteiger partial charge in [-0.3, -0.25) is 4.98 Å². The van der Waals surface area contributed by atoms with Crippen LogP contribution in [0.2, 0.25) is 5.02 Å². The molecule has 0 spiro atoms. The SMILES string of the molecule is Fc1cc(CCl)cc(Oc2cncc(Cl)c2)c1. The third-order valence-electron chi connectivity index (χ3n) is 2.00. The van der Waals surface area contributed by atoms with Gasteiger partial charge in [0.1, 0.15) is 17.3 Å². The van der Waals surface area contributed by atoms with Gasteiger partial charge in [-0.1, -0.05) is 11.6 Å². The quantitative estimate of drug-likeness (QED) is 0.772. The molecule has 1 heterocycles. The van der Waals surface area contributed by atoms with Gasteiger partial charge in [0.25, 0.3) is 0 Å². The van der Waals surface area contributed by atoms with Crippen molar-refractivity contribution in [3.63, 3.8) is 0 Å². The summed E-state index contributed by atoms with van der Waals surface area (Å²) in [5.41, 5.74) is 0.650. The molecule has 2 nitrogen and oxygen atoms in total. The number of hydrogen-bond acceptors (Lipinski definition) is 2. The van der Waals surface area contributed by atoms with Crippen molar-refractivity contribution in [3.8, 4) is 11.5 Å². The molecule has 17 heavy (non-hydrogen) atoms. The van der Waals surface area contributed by atoms with Crippen molar-refractivity contribution in [1.82, 2.24) is 4.98 Å². The van der Waals surface area contributed by atoms with Crippen molar-refractivity contribution < 1.29 is 9.13 Å². The average molecular weight is 272 g/mol. The Balaban J connectivity index is 2.26. The highest BCUT2D eigenvalue weighted by Gasteiger charge is 2.03. The first-order valence-corrected chi connectivity index (χ1v) is 5.72. The Morgan fingerprint density at radius 2 is 1.94 bits per heavy atom. The van der Waals surface area contributed by atoms with Crippen LogP contribution in [0.4, 0.5) is 4.39 Å². The van der Waals surface area contributed by atoms with E-state index < -0.39 is 5.82 Å². The van der Waals surface area contributed by atoms with Crippen LogP contribution in [-0.4, -0.2) is 4.98 Å². The zero-order chi connectivity index (χ0) is 12.3. The van der Waals surface area contributed by atoms with E-state index in [4.69, 9.17) is 27.9 Å². The number of benzene rings is 1. The van der Waals surface area contributed by atoms with Crippen molar-refractivity contribution in [3.05, 3.63) is 53.1 Å². The molecule has 0 aliphatic rings. The molecule has 0 saturated heterocycles. The molecule has 0 aliphatic carbocycles. The van der Waals surface area contributed by atoms with E-state index in [1.807, 2.05) is 0 Å². The van der Waals surface area contributed by atoms with Crippen molar-refractivity contribution in [2.24, 2.45) is 0 Å². The summed E-state index contributed by atoms with van der Waals surface area (Å²) >= 11 is 11.4. The van der Waals surface area contributed by atoms with Gasteiger partial charge in [-0.05, 0) is 17.7 Å². The molecule has 0 N–H and O–H groups in total. The van der Waals surface area contributed by atoms with Crippen LogP contribution >= 0.6 is 23.2 Å². The minimum absolute atomic E-state index is 0.224. The molecule has 2 aromatic rings. The van der Waals surface area contributed by atoms with Crippen LogP contribution in [0.5, 0.6) is 11.5 Å². The Morgan fingerprint density at radius 3 is 2.65 bits per heavy atom. The molecule has 0 aliphatic heterocycles. The van der Waals surface area contributed by atoms with E-state index in [2.05, 4.69) is 4.98 Å². The van der Waals surface area contributed by atoms with Crippen LogP contribution < -0.4 is 4.74 Å². The van der Waals surface area contributed by atoms with Crippen molar-refractivity contribution in [2.75, 3.05) is 0 Å². The first-order valence-electron chi connectivity index (χ1n) is 4.81. The Bertz CT molecular complexity index is 534. The van der Waals surface area contributed by atoms with Crippen molar-refractivity contribution >= 4 is 23.2 Å². The van der Waals surface area contributed by atoms with Crippen LogP contribution in [0.25, 0.3) is 0 Å². The van der Waals surface area contributed by atoms with Gasteiger partial charge in [0, 0.05) is 24.2 Å². The molecule has 5 heteroatoms. The molecule has 0 fully saturated rings. The second-order valence-corrected chi connectivity index (χ2v) is 4.07. The van der Waals surface area contributed by atoms with Gasteiger partial charge in [-0.25, -0.2) is 4.39 Å². The first kappa shape index (κ1) is 12.1. The number of alkyl halides is 1. The number of nitrogens with zero attached hydrogens (tertiary/aromatic N) is 1. The lowest BCUT2D eigenvalue weighted by Gasteiger charge is -2.07. The fourth-order valence-electron chi connectivity index (χ4n) is 1.34. The van der Waals surface area contributed by atoms with Crippen LogP contribution in [-0.2, 0) is 5.88 Å². The van der Waals surface area contributed by atoms with E-state index in [1.165, 1.54) is 24.5 Å². The predicted molar refractivity (Wildman–Crippen MR) is 65.3 cm³/mol. The van der Waals surface area contributed by atoms with Gasteiger partial charge >= 0.3 is 0 Å². The van der Waals surface area contributed by atoms with E-state index in [0.29, 0.717) is 22.1 Å². The number of pyridine rings is 1. The maximum Gasteiger partial charge on any atom is 0.147 e. The number of hydrogen-bond donors (Lipinski definition) is 0. The second kappa shape index (κ2) is 5.34. The fraction of sp³-hybridized carbons (Fsp3) is 0.0833. The molecule has 1 aromatic carbocycles. The minimum atomic E-state index is -0.395. The Hall–Kier alpha value is -1.32. The highest BCUT2D eigenvalue weighted by atomic mass is 35.5. The van der Waals surface area contributed by atoms with E-state index in [-0.39, 0.29) is 5.88 Å². The fourth-order valence-corrected chi connectivity index (χ4v) is 1.66. The molecule has 1 aromatic heterocycles. The van der Waals surface area contributed by atoms with Crippen LogP contribution in [0.1, 0.15) is 5.56 Å². The lowest BCUT2D eigenvalue weighted by molar-refractivity contribution is 0.474. The van der Waals surface area contributed by atoms with E-state index in [9.17, 15) is 4.39 Å². The summed E-state index contributed by atoms with van der Waals surface area (Å²) in [6, 6.07) is 5.89. The second-order valence-electron chi connectivity index (χ2n) is 3.37. The summed E-state index contributed by atoms with van der Waals surface area (Å²) in [6.45, 7) is 0. The zero-order valence-corrected chi connectivity index (χ0v) is 10.2. The van der Waals surface area contributed by atoms with E-state index >= 15 is 0 Å². The zero-order valence-electron chi connectivity index (χ0n) is 8.66. The van der Waals surface area contributed by atoms with Crippen molar-refractivity contribution in [1.29, 1.82) is 0 Å². The smallest absolute Gasteiger partial charge is 0.147 e. The molecular weight excluding hydrogens is 264 g/mol. The molecule has 0 amide bonds. The lowest BCUT2D eigenvalue weighted by Crippen LogP contribution is -1.89. The van der Waals surface area contributed by atoms with Gasteiger partial charge in [0.2, 0.25) is 0 Å². The molecule has 0 unspecified atom stereocenters. The predicted octanol–water partition coefficient (Wildman–Crippen LogP) is 4.41. The highest BCUT2D eigenvalue weighted by molar-refractivity contribution is 6.30. The summed E-state index contributed by atoms with van der Waals surface area (Å²) in [5, 5.41) is 0.455. The standard InChI is InChI=1S/C12H8Cl2FNO/c13-5-8-1-10(15)4-11(2-8)17-12-3-9(14)6-16-7-12/h1-4,6-7H,5H2. The number of aromatic nitrogens is 1. The molecule has 2 rings (SSSR count). The third-order valence-corrected chi connectivity index (χ3v) is 2.52. The third kappa shape index (κ3) is 3.32. The molecule has 0 radical (unpaired) electrons. The average Bonchev–Trinajstić information content (AvgIpc) is 2.28. The maximum absolute atomic E-state index is 13.2. The number of ether oxygens (including phenoxy) is 1. The van der Waals surface area contributed by atoms with E-state index in [0.717, 1.165) is 0 Å². The lowest BCUT2D eigenvalue weighted by atomic mass is 10.2. The van der Waals surface area contributed by atoms with Crippen LogP contribution in [0.3, 0.4) is 0 Å². The maximum atomic E-state index is 13.2. The summed E-state index contributed by atoms with van der Waals surface area (Å²) in [7, 11) is 0. The summed E-state index contributed by atoms with van der Waals surface area (Å²) < 4.78 is 18.7. The Kier molecular flexibility index (Phi) is 3.82. The Morgan fingerprint density at radius 1 is 1.12 bits per heavy atom. The van der Waals surface area contributed by atoms with Crippen LogP contribution in [0.15, 0.2) is 36.7 Å². The molecule has 0 saturated carbocycles. The largest absolute Gasteiger partial charge is 0.456 e. The molecule has 0 atom stereocenters. The summed E-state index contributed by atoms with van der Waals surface area (Å²) in [6.07, 6.45) is 2.99. The molecular formula is C12H8Cl2FNO. The van der Waals surface area contributed by atoms with E-state index in [1.54, 1.807) is 12.1 Å². The summed E-state index contributed by atoms with van der Waals surface area (Å²) in [4.78, 5) is 3.87. The molecule has 88 valence electrons. The monoisotopic (exact) mass is 271 g/mol. The molecule has 0 bridgehead atoms. The topological polar surface area (TPSA) is 22.1 Å². The van der Waals surface area contributed by atoms with Gasteiger partial charge in [-0.15, -0.1) is 11.6 Å². The number of halogens is 3. The summed E-state index contributed by atoms with van der Waals surface area (Å²) in [5.74, 6) is 0.642. The van der Waals surface area contributed by atoms with Crippen LogP contribution in [0, 0.1) is 5.82 Å². The van der Waals surface area contributed by atoms with Gasteiger partial charge in [-0.2, -0.15) is 0 Å². The highest BCUT2D eigenvalue weighted by Crippen LogP contribution is 2.25. The van der Waals surface area contributed by atoms with Gasteiger partial charge < -0.3 is 4.74 Å². The van der Waals surface area contributed by atoms with Crippen molar-refractivity contribution in [2.45, 2.75) is 5.88 Å². The van der Waals surface area contributed by atoms with Gasteiger partial charge in [0.05, 0.1) is 11.2 Å². The first-order chi connectivity index (χ1) is 8.17. The normalized spacial score (nSPS) is 10.3. The van der Waals surface area contributed by atoms with Gasteiger partial charge in [0.15, 0.2) is 0 Å². The minimum Gasteiger partial charge on any atom is -0.456 e.